The van der Waals surface area contributed by atoms with Gasteiger partial charge in [0.05, 0.1) is 15.5 Å². The Labute approximate surface area is 205 Å². The van der Waals surface area contributed by atoms with Crippen LogP contribution in [0, 0.1) is 13.8 Å². The highest BCUT2D eigenvalue weighted by Crippen LogP contribution is 2.31. The van der Waals surface area contributed by atoms with Gasteiger partial charge in [-0.3, -0.25) is 9.89 Å². The minimum Gasteiger partial charge on any atom is -0.325 e. The van der Waals surface area contributed by atoms with Crippen LogP contribution >= 0.6 is 23.1 Å². The number of benzene rings is 3. The molecule has 0 aliphatic carbocycles. The summed E-state index contributed by atoms with van der Waals surface area (Å²) in [5, 5.41) is 11.3. The highest BCUT2D eigenvalue weighted by atomic mass is 32.2. The van der Waals surface area contributed by atoms with E-state index in [2.05, 4.69) is 45.6 Å². The van der Waals surface area contributed by atoms with E-state index >= 15 is 0 Å². The number of thioether (sulfide) groups is 1. The Balaban J connectivity index is 1.22. The molecule has 2 N–H and O–H groups in total. The van der Waals surface area contributed by atoms with Gasteiger partial charge >= 0.3 is 0 Å². The Morgan fingerprint density at radius 1 is 0.941 bits per heavy atom. The summed E-state index contributed by atoms with van der Waals surface area (Å²) in [5.74, 6) is 0.589. The number of nitrogens with one attached hydrogen (secondary N) is 2. The summed E-state index contributed by atoms with van der Waals surface area (Å²) in [4.78, 5) is 22.0. The quantitative estimate of drug-likeness (QED) is 0.269. The van der Waals surface area contributed by atoms with Crippen LogP contribution in [0.1, 0.15) is 18.1 Å². The van der Waals surface area contributed by atoms with Gasteiger partial charge in [-0.05, 0) is 62.7 Å². The number of thiazole rings is 1. The number of nitrogens with zero attached hydrogens (tertiary/aromatic N) is 3. The standard InChI is InChI=1S/C26H23N5OS2/c1-15-4-7-18(8-5-15)23-29-26(31-30-23)33-17(3)24(32)27-20-11-9-19(10-12-20)25-28-21-13-6-16(2)14-22(21)34-25/h4-14,17H,1-3H3,(H,27,32)(H,29,30,31). The van der Waals surface area contributed by atoms with Crippen LogP contribution in [0.4, 0.5) is 5.69 Å². The predicted molar refractivity (Wildman–Crippen MR) is 140 cm³/mol. The van der Waals surface area contributed by atoms with Gasteiger partial charge in [-0.2, -0.15) is 0 Å². The zero-order chi connectivity index (χ0) is 23.7. The van der Waals surface area contributed by atoms with Crippen molar-refractivity contribution >= 4 is 44.9 Å². The minimum absolute atomic E-state index is 0.102. The number of carbonyl (C=O) groups excluding carboxylic acids is 1. The van der Waals surface area contributed by atoms with Gasteiger partial charge in [-0.1, -0.05) is 47.7 Å². The smallest absolute Gasteiger partial charge is 0.237 e. The van der Waals surface area contributed by atoms with Crippen molar-refractivity contribution in [2.45, 2.75) is 31.2 Å². The number of carbonyl (C=O) groups is 1. The molecule has 0 saturated carbocycles. The molecular formula is C26H23N5OS2. The number of aryl methyl sites for hydroxylation is 2. The third-order valence-electron chi connectivity index (χ3n) is 5.38. The van der Waals surface area contributed by atoms with Crippen molar-refractivity contribution in [3.8, 4) is 22.0 Å². The molecule has 3 aromatic carbocycles. The molecule has 0 fully saturated rings. The van der Waals surface area contributed by atoms with Gasteiger partial charge in [0.15, 0.2) is 5.82 Å². The third-order valence-corrected chi connectivity index (χ3v) is 7.41. The van der Waals surface area contributed by atoms with Crippen molar-refractivity contribution in [2.24, 2.45) is 0 Å². The number of H-pyrrole nitrogens is 1. The number of hydrogen-bond acceptors (Lipinski definition) is 6. The molecule has 5 rings (SSSR count). The number of amides is 1. The normalized spacial score (nSPS) is 12.1. The summed E-state index contributed by atoms with van der Waals surface area (Å²) in [7, 11) is 0. The summed E-state index contributed by atoms with van der Waals surface area (Å²) in [5.41, 5.74) is 6.16. The number of rotatable bonds is 6. The fourth-order valence-electron chi connectivity index (χ4n) is 3.45. The molecule has 170 valence electrons. The highest BCUT2D eigenvalue weighted by molar-refractivity contribution is 8.00. The molecule has 0 spiro atoms. The van der Waals surface area contributed by atoms with Crippen molar-refractivity contribution in [1.29, 1.82) is 0 Å². The van der Waals surface area contributed by atoms with Crippen LogP contribution in [-0.2, 0) is 4.79 Å². The van der Waals surface area contributed by atoms with Crippen molar-refractivity contribution in [1.82, 2.24) is 20.2 Å². The summed E-state index contributed by atoms with van der Waals surface area (Å²) in [6.07, 6.45) is 0. The third kappa shape index (κ3) is 4.88. The number of aromatic nitrogens is 4. The van der Waals surface area contributed by atoms with Gasteiger partial charge in [0.1, 0.15) is 5.01 Å². The van der Waals surface area contributed by atoms with Gasteiger partial charge in [0.25, 0.3) is 0 Å². The molecule has 1 unspecified atom stereocenters. The van der Waals surface area contributed by atoms with E-state index < -0.39 is 0 Å². The maximum atomic E-state index is 12.7. The fraction of sp³-hybridized carbons (Fsp3) is 0.154. The molecule has 0 aliphatic heterocycles. The molecule has 0 saturated heterocycles. The minimum atomic E-state index is -0.353. The molecule has 1 atom stereocenters. The summed E-state index contributed by atoms with van der Waals surface area (Å²) < 4.78 is 1.18. The first-order valence-corrected chi connectivity index (χ1v) is 12.6. The van der Waals surface area contributed by atoms with E-state index in [1.54, 1.807) is 11.3 Å². The lowest BCUT2D eigenvalue weighted by molar-refractivity contribution is -0.115. The Morgan fingerprint density at radius 2 is 1.65 bits per heavy atom. The van der Waals surface area contributed by atoms with Crippen LogP contribution in [0.2, 0.25) is 0 Å². The molecule has 34 heavy (non-hydrogen) atoms. The van der Waals surface area contributed by atoms with Crippen LogP contribution in [0.15, 0.2) is 71.9 Å². The second-order valence-corrected chi connectivity index (χ2v) is 10.5. The Kier molecular flexibility index (Phi) is 6.17. The van der Waals surface area contributed by atoms with E-state index in [0.29, 0.717) is 11.0 Å². The molecule has 2 heterocycles. The van der Waals surface area contributed by atoms with E-state index in [4.69, 9.17) is 4.98 Å². The van der Waals surface area contributed by atoms with Gasteiger partial charge in [0.2, 0.25) is 11.1 Å². The van der Waals surface area contributed by atoms with E-state index in [1.807, 2.05) is 62.4 Å². The molecular weight excluding hydrogens is 462 g/mol. The van der Waals surface area contributed by atoms with E-state index in [0.717, 1.165) is 27.3 Å². The van der Waals surface area contributed by atoms with Crippen LogP contribution in [-0.4, -0.2) is 31.3 Å². The largest absolute Gasteiger partial charge is 0.325 e. The van der Waals surface area contributed by atoms with Crippen LogP contribution in [0.5, 0.6) is 0 Å². The molecule has 0 radical (unpaired) electrons. The van der Waals surface area contributed by atoms with E-state index in [-0.39, 0.29) is 11.2 Å². The Morgan fingerprint density at radius 3 is 2.41 bits per heavy atom. The lowest BCUT2D eigenvalue weighted by Crippen LogP contribution is -2.22. The summed E-state index contributed by atoms with van der Waals surface area (Å²) >= 11 is 2.99. The lowest BCUT2D eigenvalue weighted by Gasteiger charge is -2.10. The predicted octanol–water partition coefficient (Wildman–Crippen LogP) is 6.48. The first-order chi connectivity index (χ1) is 16.4. The molecule has 0 bridgehead atoms. The van der Waals surface area contributed by atoms with Crippen molar-refractivity contribution in [2.75, 3.05) is 5.32 Å². The summed E-state index contributed by atoms with van der Waals surface area (Å²) in [6, 6.07) is 22.1. The average molecular weight is 486 g/mol. The Bertz CT molecular complexity index is 1460. The topological polar surface area (TPSA) is 83.6 Å². The maximum Gasteiger partial charge on any atom is 0.237 e. The first-order valence-electron chi connectivity index (χ1n) is 10.9. The number of anilines is 1. The summed E-state index contributed by atoms with van der Waals surface area (Å²) in [6.45, 7) is 5.97. The second-order valence-electron chi connectivity index (χ2n) is 8.15. The zero-order valence-electron chi connectivity index (χ0n) is 19.0. The van der Waals surface area contributed by atoms with Crippen molar-refractivity contribution in [3.05, 3.63) is 77.9 Å². The molecule has 0 aliphatic rings. The van der Waals surface area contributed by atoms with E-state index in [1.165, 1.54) is 27.6 Å². The molecule has 6 nitrogen and oxygen atoms in total. The van der Waals surface area contributed by atoms with Gasteiger partial charge in [-0.15, -0.1) is 16.4 Å². The highest BCUT2D eigenvalue weighted by Gasteiger charge is 2.18. The van der Waals surface area contributed by atoms with Crippen molar-refractivity contribution in [3.63, 3.8) is 0 Å². The number of fused-ring (bicyclic) bond motifs is 1. The van der Waals surface area contributed by atoms with Gasteiger partial charge < -0.3 is 5.32 Å². The lowest BCUT2D eigenvalue weighted by atomic mass is 10.1. The Hall–Kier alpha value is -3.49. The fourth-order valence-corrected chi connectivity index (χ4v) is 5.24. The first kappa shape index (κ1) is 22.3. The second kappa shape index (κ2) is 9.40. The van der Waals surface area contributed by atoms with Crippen LogP contribution in [0.3, 0.4) is 0 Å². The maximum absolute atomic E-state index is 12.7. The van der Waals surface area contributed by atoms with Gasteiger partial charge in [0, 0.05) is 16.8 Å². The van der Waals surface area contributed by atoms with E-state index in [9.17, 15) is 4.79 Å². The van der Waals surface area contributed by atoms with Crippen LogP contribution in [0.25, 0.3) is 32.2 Å². The molecule has 8 heteroatoms. The van der Waals surface area contributed by atoms with Gasteiger partial charge in [-0.25, -0.2) is 9.97 Å². The average Bonchev–Trinajstić information content (AvgIpc) is 3.47. The number of hydrogen-bond donors (Lipinski definition) is 2. The molecule has 1 amide bonds. The molecule has 5 aromatic rings. The zero-order valence-corrected chi connectivity index (χ0v) is 20.6. The van der Waals surface area contributed by atoms with Crippen molar-refractivity contribution < 1.29 is 4.79 Å². The SMILES string of the molecule is Cc1ccc(-c2nc(SC(C)C(=O)Nc3ccc(-c4nc5ccc(C)cc5s4)cc3)n[nH]2)cc1. The molecule has 2 aromatic heterocycles. The number of aromatic amines is 1. The monoisotopic (exact) mass is 485 g/mol. The van der Waals surface area contributed by atoms with Crippen LogP contribution < -0.4 is 5.32 Å².